The molecule has 0 heterocycles. The number of rotatable bonds is 14. The van der Waals surface area contributed by atoms with Gasteiger partial charge < -0.3 is 23.7 Å². The van der Waals surface area contributed by atoms with Gasteiger partial charge in [-0.1, -0.05) is 67.8 Å². The summed E-state index contributed by atoms with van der Waals surface area (Å²) in [5, 5.41) is 0. The molecule has 0 aliphatic carbocycles. The number of ether oxygens (including phenoxy) is 5. The van der Waals surface area contributed by atoms with Gasteiger partial charge in [-0.3, -0.25) is 0 Å². The largest absolute Gasteiger partial charge is 0.493 e. The van der Waals surface area contributed by atoms with E-state index in [4.69, 9.17) is 30.1 Å². The van der Waals surface area contributed by atoms with Crippen molar-refractivity contribution in [2.45, 2.75) is 32.8 Å². The van der Waals surface area contributed by atoms with Crippen molar-refractivity contribution >= 4 is 21.9 Å². The fraction of sp³-hybridized carbons (Fsp3) is 0.229. The Bertz CT molecular complexity index is 1530. The molecule has 0 fully saturated rings. The van der Waals surface area contributed by atoms with E-state index in [-0.39, 0.29) is 0 Å². The van der Waals surface area contributed by atoms with E-state index in [1.807, 2.05) is 66.7 Å². The molecule has 7 heteroatoms. The molecular weight excluding hydrogens is 596 g/mol. The first-order valence-corrected chi connectivity index (χ1v) is 14.5. The number of carbonyl (C=O) groups is 1. The van der Waals surface area contributed by atoms with Crippen molar-refractivity contribution in [1.82, 2.24) is 0 Å². The molecule has 0 aromatic heterocycles. The summed E-state index contributed by atoms with van der Waals surface area (Å²) in [4.78, 5) is 12.2. The van der Waals surface area contributed by atoms with Crippen LogP contribution in [0, 0.1) is 12.3 Å². The molecule has 4 rings (SSSR count). The van der Waals surface area contributed by atoms with Crippen LogP contribution in [0.15, 0.2) is 89.4 Å². The number of halogens is 1. The number of benzene rings is 4. The quantitative estimate of drug-likeness (QED) is 0.0794. The summed E-state index contributed by atoms with van der Waals surface area (Å²) in [6.45, 7) is 3.35. The normalized spacial score (nSPS) is 10.4. The van der Waals surface area contributed by atoms with Crippen molar-refractivity contribution in [1.29, 1.82) is 0 Å². The zero-order chi connectivity index (χ0) is 29.7. The molecule has 0 unspecified atom stereocenters. The average Bonchev–Trinajstić information content (AvgIpc) is 3.02. The first kappa shape index (κ1) is 30.5. The minimum Gasteiger partial charge on any atom is -0.493 e. The van der Waals surface area contributed by atoms with Crippen LogP contribution in [-0.2, 0) is 17.8 Å². The number of terminal acetylenes is 1. The standard InChI is InChI=1S/C35H33BrO6/c1-4-13-27-30(18-11-19-31(27)42-32-17-10-9-16-28(32)35(37)38-3)39-20-12-21-40-33-23-34(29(36)22-26(33)5-2)41-24-25-14-7-6-8-15-25/h2,6-11,14-19,22-23H,4,12-13,20-21,24H2,1,3H3. The third-order valence-electron chi connectivity index (χ3n) is 6.33. The molecule has 0 N–H and O–H groups in total. The van der Waals surface area contributed by atoms with Crippen LogP contribution in [0.3, 0.4) is 0 Å². The highest BCUT2D eigenvalue weighted by Gasteiger charge is 2.17. The number of esters is 1. The molecule has 0 spiro atoms. The molecule has 0 aliphatic rings. The summed E-state index contributed by atoms with van der Waals surface area (Å²) >= 11 is 3.55. The van der Waals surface area contributed by atoms with Gasteiger partial charge in [-0.25, -0.2) is 4.79 Å². The highest BCUT2D eigenvalue weighted by molar-refractivity contribution is 9.10. The number of carbonyl (C=O) groups excluding carboxylic acids is 1. The Morgan fingerprint density at radius 2 is 1.50 bits per heavy atom. The maximum absolute atomic E-state index is 12.2. The summed E-state index contributed by atoms with van der Waals surface area (Å²) < 4.78 is 30.1. The van der Waals surface area contributed by atoms with Crippen LogP contribution in [-0.4, -0.2) is 26.3 Å². The van der Waals surface area contributed by atoms with Crippen LogP contribution >= 0.6 is 15.9 Å². The Kier molecular flexibility index (Phi) is 11.3. The second kappa shape index (κ2) is 15.6. The van der Waals surface area contributed by atoms with E-state index >= 15 is 0 Å². The Morgan fingerprint density at radius 1 is 0.810 bits per heavy atom. The average molecular weight is 630 g/mol. The summed E-state index contributed by atoms with van der Waals surface area (Å²) in [5.41, 5.74) is 2.99. The van der Waals surface area contributed by atoms with Gasteiger partial charge in [-0.05, 0) is 58.2 Å². The second-order valence-electron chi connectivity index (χ2n) is 9.32. The Hall–Kier alpha value is -4.41. The van der Waals surface area contributed by atoms with Crippen LogP contribution in [0.4, 0.5) is 0 Å². The molecule has 0 radical (unpaired) electrons. The first-order chi connectivity index (χ1) is 20.5. The number of hydrogen-bond donors (Lipinski definition) is 0. The van der Waals surface area contributed by atoms with E-state index in [1.165, 1.54) is 7.11 Å². The highest BCUT2D eigenvalue weighted by atomic mass is 79.9. The van der Waals surface area contributed by atoms with E-state index < -0.39 is 5.97 Å². The number of methoxy groups -OCH3 is 1. The summed E-state index contributed by atoms with van der Waals surface area (Å²) in [6, 6.07) is 26.3. The number of para-hydroxylation sites is 1. The van der Waals surface area contributed by atoms with Gasteiger partial charge in [-0.15, -0.1) is 6.42 Å². The van der Waals surface area contributed by atoms with Crippen LogP contribution in [0.1, 0.15) is 46.8 Å². The lowest BCUT2D eigenvalue weighted by Gasteiger charge is -2.17. The molecular formula is C35H33BrO6. The fourth-order valence-electron chi connectivity index (χ4n) is 4.26. The van der Waals surface area contributed by atoms with Crippen molar-refractivity contribution in [2.75, 3.05) is 20.3 Å². The summed E-state index contributed by atoms with van der Waals surface area (Å²) in [6.07, 6.45) is 8.01. The van der Waals surface area contributed by atoms with Crippen molar-refractivity contribution in [3.05, 3.63) is 112 Å². The lowest BCUT2D eigenvalue weighted by atomic mass is 10.1. The molecule has 4 aromatic carbocycles. The molecule has 0 saturated heterocycles. The van der Waals surface area contributed by atoms with Gasteiger partial charge in [0.2, 0.25) is 0 Å². The molecule has 0 amide bonds. The highest BCUT2D eigenvalue weighted by Crippen LogP contribution is 2.35. The lowest BCUT2D eigenvalue weighted by Crippen LogP contribution is -2.08. The second-order valence-corrected chi connectivity index (χ2v) is 10.2. The third kappa shape index (κ3) is 8.08. The zero-order valence-electron chi connectivity index (χ0n) is 23.7. The minimum absolute atomic E-state index is 0.360. The molecule has 0 aliphatic heterocycles. The van der Waals surface area contributed by atoms with Gasteiger partial charge in [0.05, 0.1) is 30.4 Å². The summed E-state index contributed by atoms with van der Waals surface area (Å²) in [7, 11) is 1.35. The van der Waals surface area contributed by atoms with Crippen LogP contribution < -0.4 is 18.9 Å². The molecule has 0 atom stereocenters. The zero-order valence-corrected chi connectivity index (χ0v) is 25.3. The van der Waals surface area contributed by atoms with Gasteiger partial charge in [0.15, 0.2) is 0 Å². The minimum atomic E-state index is -0.455. The fourth-order valence-corrected chi connectivity index (χ4v) is 4.72. The molecule has 42 heavy (non-hydrogen) atoms. The van der Waals surface area contributed by atoms with Crippen LogP contribution in [0.2, 0.25) is 0 Å². The Balaban J connectivity index is 1.38. The smallest absolute Gasteiger partial charge is 0.341 e. The van der Waals surface area contributed by atoms with Gasteiger partial charge in [0.1, 0.15) is 40.9 Å². The van der Waals surface area contributed by atoms with Gasteiger partial charge in [-0.2, -0.15) is 0 Å². The van der Waals surface area contributed by atoms with Crippen molar-refractivity contribution in [3.63, 3.8) is 0 Å². The first-order valence-electron chi connectivity index (χ1n) is 13.7. The lowest BCUT2D eigenvalue weighted by molar-refractivity contribution is 0.0598. The van der Waals surface area contributed by atoms with E-state index in [2.05, 4.69) is 28.8 Å². The maximum atomic E-state index is 12.2. The Morgan fingerprint density at radius 3 is 2.24 bits per heavy atom. The van der Waals surface area contributed by atoms with Crippen molar-refractivity contribution in [3.8, 4) is 41.1 Å². The van der Waals surface area contributed by atoms with Gasteiger partial charge >= 0.3 is 5.97 Å². The third-order valence-corrected chi connectivity index (χ3v) is 6.95. The Labute approximate surface area is 255 Å². The predicted molar refractivity (Wildman–Crippen MR) is 167 cm³/mol. The molecule has 216 valence electrons. The summed E-state index contributed by atoms with van der Waals surface area (Å²) in [5.74, 6) is 5.25. The monoisotopic (exact) mass is 628 g/mol. The van der Waals surface area contributed by atoms with Crippen molar-refractivity contribution in [2.24, 2.45) is 0 Å². The topological polar surface area (TPSA) is 63.2 Å². The van der Waals surface area contributed by atoms with Crippen molar-refractivity contribution < 1.29 is 28.5 Å². The van der Waals surface area contributed by atoms with E-state index in [9.17, 15) is 4.79 Å². The van der Waals surface area contributed by atoms with E-state index in [1.54, 1.807) is 18.2 Å². The van der Waals surface area contributed by atoms with Gasteiger partial charge in [0, 0.05) is 18.1 Å². The molecule has 6 nitrogen and oxygen atoms in total. The molecule has 4 aromatic rings. The van der Waals surface area contributed by atoms with E-state index in [0.29, 0.717) is 60.4 Å². The number of hydrogen-bond acceptors (Lipinski definition) is 6. The van der Waals surface area contributed by atoms with Gasteiger partial charge in [0.25, 0.3) is 0 Å². The van der Waals surface area contributed by atoms with E-state index in [0.717, 1.165) is 34.2 Å². The molecule has 0 saturated carbocycles. The predicted octanol–water partition coefficient (Wildman–Crippen LogP) is 8.39. The van der Waals surface area contributed by atoms with Crippen LogP contribution in [0.25, 0.3) is 0 Å². The molecule has 0 bridgehead atoms. The maximum Gasteiger partial charge on any atom is 0.341 e. The SMILES string of the molecule is C#Cc1cc(Br)c(OCc2ccccc2)cc1OCCCOc1cccc(Oc2ccccc2C(=O)OC)c1CCC. The van der Waals surface area contributed by atoms with Crippen LogP contribution in [0.5, 0.6) is 28.7 Å².